The van der Waals surface area contributed by atoms with E-state index in [0.29, 0.717) is 12.0 Å². The zero-order chi connectivity index (χ0) is 14.2. The molecule has 0 bridgehead atoms. The van der Waals surface area contributed by atoms with E-state index >= 15 is 0 Å². The average molecular weight is 278 g/mol. The van der Waals surface area contributed by atoms with Crippen LogP contribution in [-0.2, 0) is 4.74 Å². The van der Waals surface area contributed by atoms with Crippen molar-refractivity contribution < 1.29 is 9.13 Å². The maximum absolute atomic E-state index is 12.9. The van der Waals surface area contributed by atoms with Gasteiger partial charge in [-0.2, -0.15) is 0 Å². The summed E-state index contributed by atoms with van der Waals surface area (Å²) >= 11 is 0. The third kappa shape index (κ3) is 4.90. The van der Waals surface area contributed by atoms with Gasteiger partial charge in [-0.1, -0.05) is 51.2 Å². The second-order valence-corrected chi connectivity index (χ2v) is 5.98. The van der Waals surface area contributed by atoms with Gasteiger partial charge in [0.2, 0.25) is 0 Å². The second-order valence-electron chi connectivity index (χ2n) is 5.98. The van der Waals surface area contributed by atoms with Crippen molar-refractivity contribution in [3.63, 3.8) is 0 Å². The highest BCUT2D eigenvalue weighted by molar-refractivity contribution is 5.20. The van der Waals surface area contributed by atoms with Crippen LogP contribution >= 0.6 is 0 Å². The number of unbranched alkanes of at least 4 members (excludes halogenated alkanes) is 4. The van der Waals surface area contributed by atoms with Crippen molar-refractivity contribution in [2.75, 3.05) is 6.61 Å². The molecular formula is C18H27FO. The Morgan fingerprint density at radius 1 is 1.05 bits per heavy atom. The van der Waals surface area contributed by atoms with Gasteiger partial charge >= 0.3 is 0 Å². The molecule has 2 rings (SSSR count). The molecule has 1 heterocycles. The maximum Gasteiger partial charge on any atom is 0.123 e. The Bertz CT molecular complexity index is 366. The van der Waals surface area contributed by atoms with Crippen molar-refractivity contribution in [1.29, 1.82) is 0 Å². The monoisotopic (exact) mass is 278 g/mol. The van der Waals surface area contributed by atoms with Crippen LogP contribution in [0, 0.1) is 5.82 Å². The van der Waals surface area contributed by atoms with E-state index in [-0.39, 0.29) is 5.82 Å². The van der Waals surface area contributed by atoms with Gasteiger partial charge in [-0.05, 0) is 37.0 Å². The maximum atomic E-state index is 12.9. The first kappa shape index (κ1) is 15.5. The molecule has 0 radical (unpaired) electrons. The van der Waals surface area contributed by atoms with Gasteiger partial charge in [0.05, 0.1) is 12.7 Å². The van der Waals surface area contributed by atoms with Crippen molar-refractivity contribution >= 4 is 0 Å². The van der Waals surface area contributed by atoms with E-state index in [2.05, 4.69) is 6.92 Å². The highest BCUT2D eigenvalue weighted by Gasteiger charge is 2.22. The zero-order valence-electron chi connectivity index (χ0n) is 12.6. The molecule has 112 valence electrons. The highest BCUT2D eigenvalue weighted by Crippen LogP contribution is 2.30. The molecule has 1 nitrogen and oxygen atoms in total. The van der Waals surface area contributed by atoms with Crippen LogP contribution in [0.15, 0.2) is 24.3 Å². The molecule has 2 atom stereocenters. The van der Waals surface area contributed by atoms with Gasteiger partial charge < -0.3 is 4.74 Å². The lowest BCUT2D eigenvalue weighted by Crippen LogP contribution is -2.24. The van der Waals surface area contributed by atoms with Gasteiger partial charge in [0.25, 0.3) is 0 Å². The van der Waals surface area contributed by atoms with Crippen molar-refractivity contribution in [3.05, 3.63) is 35.6 Å². The molecule has 0 N–H and O–H groups in total. The third-order valence-electron chi connectivity index (χ3n) is 4.34. The summed E-state index contributed by atoms with van der Waals surface area (Å²) in [5, 5.41) is 0. The number of rotatable bonds is 7. The zero-order valence-corrected chi connectivity index (χ0v) is 12.6. The summed E-state index contributed by atoms with van der Waals surface area (Å²) in [6, 6.07) is 6.90. The van der Waals surface area contributed by atoms with Crippen LogP contribution in [0.4, 0.5) is 4.39 Å². The molecule has 2 unspecified atom stereocenters. The van der Waals surface area contributed by atoms with E-state index in [1.54, 1.807) is 12.1 Å². The number of hydrogen-bond donors (Lipinski definition) is 0. The lowest BCUT2D eigenvalue weighted by atomic mass is 9.90. The lowest BCUT2D eigenvalue weighted by molar-refractivity contribution is -0.00214. The minimum absolute atomic E-state index is 0.157. The van der Waals surface area contributed by atoms with E-state index in [4.69, 9.17) is 4.74 Å². The molecule has 1 fully saturated rings. The Hall–Kier alpha value is -0.890. The molecule has 0 amide bonds. The van der Waals surface area contributed by atoms with E-state index in [0.717, 1.165) is 13.0 Å². The summed E-state index contributed by atoms with van der Waals surface area (Å²) in [5.41, 5.74) is 1.22. The van der Waals surface area contributed by atoms with Crippen molar-refractivity contribution in [2.45, 2.75) is 70.3 Å². The standard InChI is InChI=1S/C18H27FO/c1-2-3-4-5-6-7-18-13-10-16(14-20-18)15-8-11-17(19)12-9-15/h8-9,11-12,16,18H,2-7,10,13-14H2,1H3. The normalized spacial score (nSPS) is 22.9. The average Bonchev–Trinajstić information content (AvgIpc) is 2.49. The molecule has 1 saturated heterocycles. The Labute approximate surface area is 122 Å². The van der Waals surface area contributed by atoms with Gasteiger partial charge in [-0.3, -0.25) is 0 Å². The molecule has 2 heteroatoms. The number of halogens is 1. The Morgan fingerprint density at radius 3 is 2.45 bits per heavy atom. The lowest BCUT2D eigenvalue weighted by Gasteiger charge is -2.29. The summed E-state index contributed by atoms with van der Waals surface area (Å²) in [7, 11) is 0. The first-order valence-electron chi connectivity index (χ1n) is 8.16. The molecule has 20 heavy (non-hydrogen) atoms. The second kappa shape index (κ2) is 8.41. The van der Waals surface area contributed by atoms with Crippen LogP contribution < -0.4 is 0 Å². The number of ether oxygens (including phenoxy) is 1. The summed E-state index contributed by atoms with van der Waals surface area (Å²) in [6.07, 6.45) is 10.6. The number of hydrogen-bond acceptors (Lipinski definition) is 1. The molecule has 0 saturated carbocycles. The minimum Gasteiger partial charge on any atom is -0.378 e. The predicted molar refractivity (Wildman–Crippen MR) is 81.5 cm³/mol. The summed E-state index contributed by atoms with van der Waals surface area (Å²) in [6.45, 7) is 3.05. The van der Waals surface area contributed by atoms with E-state index in [9.17, 15) is 4.39 Å². The molecular weight excluding hydrogens is 251 g/mol. The van der Waals surface area contributed by atoms with Crippen LogP contribution in [0.25, 0.3) is 0 Å². The SMILES string of the molecule is CCCCCCCC1CCC(c2ccc(F)cc2)CO1. The van der Waals surface area contributed by atoms with Crippen LogP contribution in [-0.4, -0.2) is 12.7 Å². The van der Waals surface area contributed by atoms with E-state index in [1.165, 1.54) is 50.5 Å². The fraction of sp³-hybridized carbons (Fsp3) is 0.667. The third-order valence-corrected chi connectivity index (χ3v) is 4.34. The summed E-state index contributed by atoms with van der Waals surface area (Å²) in [5.74, 6) is 0.294. The molecule has 0 aromatic heterocycles. The van der Waals surface area contributed by atoms with Crippen molar-refractivity contribution in [2.24, 2.45) is 0 Å². The molecule has 0 spiro atoms. The molecule has 0 aliphatic carbocycles. The van der Waals surface area contributed by atoms with Gasteiger partial charge in [-0.25, -0.2) is 4.39 Å². The van der Waals surface area contributed by atoms with E-state index < -0.39 is 0 Å². The Morgan fingerprint density at radius 2 is 1.80 bits per heavy atom. The fourth-order valence-electron chi connectivity index (χ4n) is 3.01. The molecule has 1 aliphatic rings. The van der Waals surface area contributed by atoms with Crippen LogP contribution in [0.2, 0.25) is 0 Å². The minimum atomic E-state index is -0.157. The quantitative estimate of drug-likeness (QED) is 0.603. The largest absolute Gasteiger partial charge is 0.378 e. The Kier molecular flexibility index (Phi) is 6.52. The van der Waals surface area contributed by atoms with Crippen LogP contribution in [0.3, 0.4) is 0 Å². The van der Waals surface area contributed by atoms with Crippen LogP contribution in [0.5, 0.6) is 0 Å². The molecule has 1 aromatic carbocycles. The Balaban J connectivity index is 1.66. The molecule has 1 aliphatic heterocycles. The van der Waals surface area contributed by atoms with Crippen molar-refractivity contribution in [3.8, 4) is 0 Å². The first-order valence-corrected chi connectivity index (χ1v) is 8.16. The topological polar surface area (TPSA) is 9.23 Å². The van der Waals surface area contributed by atoms with Gasteiger partial charge in [0.15, 0.2) is 0 Å². The van der Waals surface area contributed by atoms with Crippen LogP contribution in [0.1, 0.15) is 69.8 Å². The smallest absolute Gasteiger partial charge is 0.123 e. The fourth-order valence-corrected chi connectivity index (χ4v) is 3.01. The first-order chi connectivity index (χ1) is 9.79. The summed E-state index contributed by atoms with van der Waals surface area (Å²) in [4.78, 5) is 0. The van der Waals surface area contributed by atoms with Gasteiger partial charge in [0, 0.05) is 5.92 Å². The molecule has 1 aromatic rings. The predicted octanol–water partition coefficient (Wildman–Crippen LogP) is 5.45. The highest BCUT2D eigenvalue weighted by atomic mass is 19.1. The number of benzene rings is 1. The van der Waals surface area contributed by atoms with E-state index in [1.807, 2.05) is 12.1 Å². The van der Waals surface area contributed by atoms with Gasteiger partial charge in [-0.15, -0.1) is 0 Å². The van der Waals surface area contributed by atoms with Gasteiger partial charge in [0.1, 0.15) is 5.82 Å². The van der Waals surface area contributed by atoms with Crippen molar-refractivity contribution in [1.82, 2.24) is 0 Å². The summed E-state index contributed by atoms with van der Waals surface area (Å²) < 4.78 is 18.9.